The van der Waals surface area contributed by atoms with Crippen LogP contribution < -0.4 is 15.4 Å². The summed E-state index contributed by atoms with van der Waals surface area (Å²) >= 11 is 0. The zero-order chi connectivity index (χ0) is 18.9. The van der Waals surface area contributed by atoms with Crippen LogP contribution >= 0.6 is 24.0 Å². The number of halogens is 1. The molecule has 148 valence electrons. The Morgan fingerprint density at radius 2 is 2.07 bits per heavy atom. The van der Waals surface area contributed by atoms with Gasteiger partial charge in [-0.15, -0.1) is 24.0 Å². The number of carbonyl (C=O) groups excluding carboxylic acids is 1. The molecule has 0 aliphatic carbocycles. The van der Waals surface area contributed by atoms with Crippen molar-refractivity contribution in [1.29, 1.82) is 0 Å². The van der Waals surface area contributed by atoms with Crippen LogP contribution in [0.1, 0.15) is 12.6 Å². The lowest BCUT2D eigenvalue weighted by Gasteiger charge is -2.22. The van der Waals surface area contributed by atoms with E-state index in [1.165, 1.54) is 12.6 Å². The van der Waals surface area contributed by atoms with Crippen LogP contribution in [-0.2, 0) is 18.4 Å². The van der Waals surface area contributed by atoms with E-state index >= 15 is 0 Å². The Morgan fingerprint density at radius 1 is 1.30 bits per heavy atom. The van der Waals surface area contributed by atoms with Crippen molar-refractivity contribution >= 4 is 41.5 Å². The van der Waals surface area contributed by atoms with Crippen LogP contribution in [0.4, 0.5) is 5.69 Å². The van der Waals surface area contributed by atoms with Crippen molar-refractivity contribution in [2.24, 2.45) is 12.0 Å². The number of nitrogens with zero attached hydrogens (tertiary/aromatic N) is 3. The maximum absolute atomic E-state index is 11.1. The minimum atomic E-state index is -0.103. The summed E-state index contributed by atoms with van der Waals surface area (Å²) in [5, 5.41) is 6.03. The third kappa shape index (κ3) is 7.49. The number of benzene rings is 1. The molecule has 2 N–H and O–H groups in total. The molecule has 0 aliphatic rings. The number of amides is 1. The second-order valence-corrected chi connectivity index (χ2v) is 6.00. The van der Waals surface area contributed by atoms with Gasteiger partial charge >= 0.3 is 0 Å². The number of hydrogen-bond acceptors (Lipinski definition) is 3. The quantitative estimate of drug-likeness (QED) is 0.274. The molecule has 0 spiro atoms. The first kappa shape index (κ1) is 22.8. The lowest BCUT2D eigenvalue weighted by Crippen LogP contribution is -2.40. The SMILES string of the molecule is CN=C(NCCOc1cccc(NC(C)=O)c1)N(C)Cc1cccn1C.I. The van der Waals surface area contributed by atoms with Crippen LogP contribution in [0, 0.1) is 0 Å². The maximum atomic E-state index is 11.1. The van der Waals surface area contributed by atoms with E-state index in [-0.39, 0.29) is 29.9 Å². The van der Waals surface area contributed by atoms with Gasteiger partial charge in [-0.3, -0.25) is 9.79 Å². The number of anilines is 1. The number of aryl methyl sites for hydroxylation is 1. The van der Waals surface area contributed by atoms with Crippen LogP contribution in [-0.4, -0.2) is 48.6 Å². The van der Waals surface area contributed by atoms with Gasteiger partial charge in [-0.1, -0.05) is 6.07 Å². The molecule has 0 unspecified atom stereocenters. The number of guanidine groups is 1. The third-order valence-electron chi connectivity index (χ3n) is 3.83. The summed E-state index contributed by atoms with van der Waals surface area (Å²) in [6, 6.07) is 11.5. The lowest BCUT2D eigenvalue weighted by atomic mass is 10.3. The molecule has 0 fully saturated rings. The van der Waals surface area contributed by atoms with E-state index in [1.807, 2.05) is 44.6 Å². The summed E-state index contributed by atoms with van der Waals surface area (Å²) in [4.78, 5) is 17.5. The Hall–Kier alpha value is -2.23. The van der Waals surface area contributed by atoms with E-state index in [1.54, 1.807) is 13.1 Å². The van der Waals surface area contributed by atoms with Crippen LogP contribution in [0.5, 0.6) is 5.75 Å². The molecule has 1 aromatic heterocycles. The third-order valence-corrected chi connectivity index (χ3v) is 3.83. The average Bonchev–Trinajstić information content (AvgIpc) is 2.99. The van der Waals surface area contributed by atoms with Crippen molar-refractivity contribution in [2.75, 3.05) is 32.6 Å². The van der Waals surface area contributed by atoms with Crippen molar-refractivity contribution in [1.82, 2.24) is 14.8 Å². The molecular formula is C19H28IN5O2. The highest BCUT2D eigenvalue weighted by molar-refractivity contribution is 14.0. The van der Waals surface area contributed by atoms with Gasteiger partial charge in [0, 0.05) is 51.7 Å². The lowest BCUT2D eigenvalue weighted by molar-refractivity contribution is -0.114. The molecule has 1 aromatic carbocycles. The first-order valence-corrected chi connectivity index (χ1v) is 8.52. The van der Waals surface area contributed by atoms with Gasteiger partial charge < -0.3 is 24.8 Å². The Balaban J connectivity index is 0.00000364. The van der Waals surface area contributed by atoms with Gasteiger partial charge in [0.25, 0.3) is 0 Å². The van der Waals surface area contributed by atoms with E-state index < -0.39 is 0 Å². The van der Waals surface area contributed by atoms with E-state index in [0.717, 1.165) is 18.2 Å². The second-order valence-electron chi connectivity index (χ2n) is 6.00. The predicted molar refractivity (Wildman–Crippen MR) is 120 cm³/mol. The fraction of sp³-hybridized carbons (Fsp3) is 0.368. The van der Waals surface area contributed by atoms with Gasteiger partial charge in [-0.25, -0.2) is 0 Å². The summed E-state index contributed by atoms with van der Waals surface area (Å²) in [6.07, 6.45) is 2.03. The van der Waals surface area contributed by atoms with Crippen LogP contribution in [0.25, 0.3) is 0 Å². The minimum Gasteiger partial charge on any atom is -0.492 e. The van der Waals surface area contributed by atoms with Gasteiger partial charge in [-0.2, -0.15) is 0 Å². The number of aromatic nitrogens is 1. The zero-order valence-corrected chi connectivity index (χ0v) is 18.6. The molecule has 27 heavy (non-hydrogen) atoms. The van der Waals surface area contributed by atoms with E-state index in [4.69, 9.17) is 4.74 Å². The summed E-state index contributed by atoms with van der Waals surface area (Å²) in [5.41, 5.74) is 1.93. The standard InChI is InChI=1S/C19H27N5O2.HI/c1-15(25)22-16-7-5-9-18(13-16)26-12-10-21-19(20-2)24(4)14-17-8-6-11-23(17)3;/h5-9,11,13H,10,12,14H2,1-4H3,(H,20,21)(H,22,25);1H. The molecule has 0 atom stereocenters. The molecule has 2 rings (SSSR count). The fourth-order valence-corrected chi connectivity index (χ4v) is 2.56. The molecule has 0 saturated carbocycles. The Bertz CT molecular complexity index is 760. The van der Waals surface area contributed by atoms with Gasteiger partial charge in [0.05, 0.1) is 13.1 Å². The summed E-state index contributed by atoms with van der Waals surface area (Å²) in [6.45, 7) is 3.35. The smallest absolute Gasteiger partial charge is 0.221 e. The Labute approximate surface area is 177 Å². The van der Waals surface area contributed by atoms with Gasteiger partial charge in [0.1, 0.15) is 12.4 Å². The summed E-state index contributed by atoms with van der Waals surface area (Å²) < 4.78 is 7.83. The first-order valence-electron chi connectivity index (χ1n) is 8.52. The number of carbonyl (C=O) groups is 1. The monoisotopic (exact) mass is 485 g/mol. The van der Waals surface area contributed by atoms with E-state index in [0.29, 0.717) is 18.9 Å². The van der Waals surface area contributed by atoms with Crippen molar-refractivity contribution in [3.8, 4) is 5.75 Å². The molecule has 2 aromatic rings. The zero-order valence-electron chi connectivity index (χ0n) is 16.2. The molecule has 8 heteroatoms. The van der Waals surface area contributed by atoms with Gasteiger partial charge in [0.2, 0.25) is 5.91 Å². The highest BCUT2D eigenvalue weighted by Gasteiger charge is 2.08. The molecule has 1 heterocycles. The van der Waals surface area contributed by atoms with Crippen LogP contribution in [0.15, 0.2) is 47.6 Å². The molecule has 0 radical (unpaired) electrons. The molecule has 1 amide bonds. The summed E-state index contributed by atoms with van der Waals surface area (Å²) in [5.74, 6) is 1.42. The molecule has 0 aliphatic heterocycles. The Kier molecular flexibility index (Phi) is 9.70. The van der Waals surface area contributed by atoms with E-state index in [2.05, 4.69) is 31.2 Å². The molecule has 0 bridgehead atoms. The van der Waals surface area contributed by atoms with Crippen LogP contribution in [0.3, 0.4) is 0 Å². The topological polar surface area (TPSA) is 70.9 Å². The van der Waals surface area contributed by atoms with Gasteiger partial charge in [0.15, 0.2) is 5.96 Å². The highest BCUT2D eigenvalue weighted by Crippen LogP contribution is 2.17. The van der Waals surface area contributed by atoms with Crippen molar-refractivity contribution in [3.63, 3.8) is 0 Å². The Morgan fingerprint density at radius 3 is 2.70 bits per heavy atom. The number of aliphatic imine (C=N–C) groups is 1. The van der Waals surface area contributed by atoms with Crippen molar-refractivity contribution in [2.45, 2.75) is 13.5 Å². The number of rotatable bonds is 7. The number of ether oxygens (including phenoxy) is 1. The second kappa shape index (κ2) is 11.5. The normalized spacial score (nSPS) is 10.7. The van der Waals surface area contributed by atoms with Gasteiger partial charge in [-0.05, 0) is 24.3 Å². The summed E-state index contributed by atoms with van der Waals surface area (Å²) in [7, 11) is 5.80. The van der Waals surface area contributed by atoms with E-state index in [9.17, 15) is 4.79 Å². The maximum Gasteiger partial charge on any atom is 0.221 e. The predicted octanol–water partition coefficient (Wildman–Crippen LogP) is 2.69. The minimum absolute atomic E-state index is 0. The average molecular weight is 485 g/mol. The molecule has 0 saturated heterocycles. The fourth-order valence-electron chi connectivity index (χ4n) is 2.56. The molecule has 7 nitrogen and oxygen atoms in total. The van der Waals surface area contributed by atoms with Crippen molar-refractivity contribution in [3.05, 3.63) is 48.3 Å². The highest BCUT2D eigenvalue weighted by atomic mass is 127. The molecular weight excluding hydrogens is 457 g/mol. The van der Waals surface area contributed by atoms with Crippen molar-refractivity contribution < 1.29 is 9.53 Å². The first-order chi connectivity index (χ1) is 12.5. The van der Waals surface area contributed by atoms with Crippen LogP contribution in [0.2, 0.25) is 0 Å². The number of hydrogen-bond donors (Lipinski definition) is 2. The number of nitrogens with one attached hydrogen (secondary N) is 2. The largest absolute Gasteiger partial charge is 0.492 e.